The van der Waals surface area contributed by atoms with Crippen LogP contribution in [0, 0.1) is 11.3 Å². The lowest BCUT2D eigenvalue weighted by Gasteiger charge is -2.11. The largest absolute Gasteiger partial charge is 0.384 e. The van der Waals surface area contributed by atoms with Crippen molar-refractivity contribution >= 4 is 23.5 Å². The predicted molar refractivity (Wildman–Crippen MR) is 110 cm³/mol. The van der Waals surface area contributed by atoms with Gasteiger partial charge in [-0.25, -0.2) is 9.97 Å². The monoisotopic (exact) mass is 394 g/mol. The highest BCUT2D eigenvalue weighted by Crippen LogP contribution is 2.32. The van der Waals surface area contributed by atoms with Gasteiger partial charge >= 0.3 is 0 Å². The lowest BCUT2D eigenvalue weighted by atomic mass is 10.1. The highest BCUT2D eigenvalue weighted by molar-refractivity contribution is 8.16. The number of pyridine rings is 1. The van der Waals surface area contributed by atoms with Gasteiger partial charge in [-0.15, -0.1) is 11.8 Å². The molecule has 7 heteroatoms. The number of ether oxygens (including phenoxy) is 1. The molecule has 136 valence electrons. The SMILES string of the molecule is COCCSCSc1nc(-c2cccnc2)nc(-c2ccccc2)c1C#N. The second-order valence-electron chi connectivity index (χ2n) is 5.46. The zero-order valence-electron chi connectivity index (χ0n) is 14.8. The minimum atomic E-state index is 0.506. The van der Waals surface area contributed by atoms with E-state index >= 15 is 0 Å². The van der Waals surface area contributed by atoms with Crippen molar-refractivity contribution in [2.75, 3.05) is 24.6 Å². The van der Waals surface area contributed by atoms with Crippen LogP contribution < -0.4 is 0 Å². The van der Waals surface area contributed by atoms with Gasteiger partial charge in [-0.05, 0) is 12.1 Å². The molecule has 0 fully saturated rings. The Morgan fingerprint density at radius 2 is 1.89 bits per heavy atom. The van der Waals surface area contributed by atoms with Gasteiger partial charge in [0, 0.05) is 41.5 Å². The smallest absolute Gasteiger partial charge is 0.162 e. The van der Waals surface area contributed by atoms with E-state index in [4.69, 9.17) is 4.74 Å². The summed E-state index contributed by atoms with van der Waals surface area (Å²) >= 11 is 3.30. The van der Waals surface area contributed by atoms with Gasteiger partial charge < -0.3 is 4.74 Å². The van der Waals surface area contributed by atoms with Crippen molar-refractivity contribution in [1.82, 2.24) is 15.0 Å². The third-order valence-corrected chi connectivity index (χ3v) is 5.83. The summed E-state index contributed by atoms with van der Waals surface area (Å²) < 4.78 is 5.08. The molecule has 27 heavy (non-hydrogen) atoms. The molecule has 3 rings (SSSR count). The molecular weight excluding hydrogens is 376 g/mol. The van der Waals surface area contributed by atoms with E-state index in [-0.39, 0.29) is 0 Å². The molecule has 5 nitrogen and oxygen atoms in total. The van der Waals surface area contributed by atoms with E-state index in [1.807, 2.05) is 42.5 Å². The second-order valence-corrected chi connectivity index (χ2v) is 7.89. The van der Waals surface area contributed by atoms with Crippen molar-refractivity contribution in [3.63, 3.8) is 0 Å². The van der Waals surface area contributed by atoms with Crippen LogP contribution in [0.4, 0.5) is 0 Å². The van der Waals surface area contributed by atoms with Crippen molar-refractivity contribution in [3.8, 4) is 28.7 Å². The molecule has 0 saturated heterocycles. The Morgan fingerprint density at radius 3 is 2.59 bits per heavy atom. The van der Waals surface area contributed by atoms with Crippen LogP contribution in [-0.4, -0.2) is 39.5 Å². The van der Waals surface area contributed by atoms with Crippen LogP contribution in [-0.2, 0) is 4.74 Å². The van der Waals surface area contributed by atoms with Crippen molar-refractivity contribution in [2.24, 2.45) is 0 Å². The molecule has 0 amide bonds. The predicted octanol–water partition coefficient (Wildman–Crippen LogP) is 4.51. The molecule has 0 aliphatic rings. The zero-order chi connectivity index (χ0) is 18.9. The van der Waals surface area contributed by atoms with Crippen LogP contribution in [0.5, 0.6) is 0 Å². The van der Waals surface area contributed by atoms with Crippen LogP contribution in [0.25, 0.3) is 22.6 Å². The maximum absolute atomic E-state index is 9.78. The van der Waals surface area contributed by atoms with Crippen LogP contribution in [0.15, 0.2) is 59.9 Å². The molecule has 0 atom stereocenters. The average Bonchev–Trinajstić information content (AvgIpc) is 2.74. The molecule has 0 spiro atoms. The molecule has 0 unspecified atom stereocenters. The van der Waals surface area contributed by atoms with E-state index in [0.29, 0.717) is 28.7 Å². The number of aromatic nitrogens is 3. The summed E-state index contributed by atoms with van der Waals surface area (Å²) in [5.74, 6) is 1.47. The molecule has 1 aromatic carbocycles. The number of hydrogen-bond acceptors (Lipinski definition) is 7. The van der Waals surface area contributed by atoms with E-state index in [1.54, 1.807) is 43.0 Å². The van der Waals surface area contributed by atoms with E-state index in [9.17, 15) is 5.26 Å². The van der Waals surface area contributed by atoms with E-state index < -0.39 is 0 Å². The first kappa shape index (κ1) is 19.4. The highest BCUT2D eigenvalue weighted by Gasteiger charge is 2.17. The van der Waals surface area contributed by atoms with Gasteiger partial charge in [0.15, 0.2) is 5.82 Å². The normalized spacial score (nSPS) is 10.5. The molecule has 0 bridgehead atoms. The fourth-order valence-corrected chi connectivity index (χ4v) is 4.35. The van der Waals surface area contributed by atoms with Crippen LogP contribution >= 0.6 is 23.5 Å². The molecule has 3 aromatic rings. The molecule has 0 saturated carbocycles. The molecule has 0 aliphatic heterocycles. The number of rotatable bonds is 8. The summed E-state index contributed by atoms with van der Waals surface area (Å²) in [6, 6.07) is 15.8. The first-order valence-electron chi connectivity index (χ1n) is 8.31. The number of nitriles is 1. The lowest BCUT2D eigenvalue weighted by molar-refractivity contribution is 0.219. The fraction of sp³-hybridized carbons (Fsp3) is 0.200. The lowest BCUT2D eigenvalue weighted by Crippen LogP contribution is -2.00. The molecule has 0 aliphatic carbocycles. The highest BCUT2D eigenvalue weighted by atomic mass is 32.2. The summed E-state index contributed by atoms with van der Waals surface area (Å²) in [4.78, 5) is 13.5. The van der Waals surface area contributed by atoms with E-state index in [2.05, 4.69) is 21.0 Å². The standard InChI is InChI=1S/C20H18N4OS2/c1-25-10-11-26-14-27-20-17(12-21)18(15-6-3-2-4-7-15)23-19(24-20)16-8-5-9-22-13-16/h2-9,13H,10-11,14H2,1H3. The number of thioether (sulfide) groups is 2. The zero-order valence-corrected chi connectivity index (χ0v) is 16.5. The summed E-state index contributed by atoms with van der Waals surface area (Å²) in [6.07, 6.45) is 3.45. The Morgan fingerprint density at radius 1 is 1.07 bits per heavy atom. The van der Waals surface area contributed by atoms with Crippen LogP contribution in [0.3, 0.4) is 0 Å². The van der Waals surface area contributed by atoms with Crippen molar-refractivity contribution < 1.29 is 4.74 Å². The summed E-state index contributed by atoms with van der Waals surface area (Å²) in [7, 11) is 1.69. The average molecular weight is 395 g/mol. The maximum atomic E-state index is 9.78. The van der Waals surface area contributed by atoms with Gasteiger partial charge in [0.2, 0.25) is 0 Å². The number of hydrogen-bond donors (Lipinski definition) is 0. The quantitative estimate of drug-likeness (QED) is 0.241. The van der Waals surface area contributed by atoms with E-state index in [1.165, 1.54) is 0 Å². The topological polar surface area (TPSA) is 71.7 Å². The van der Waals surface area contributed by atoms with Gasteiger partial charge in [-0.1, -0.05) is 42.1 Å². The van der Waals surface area contributed by atoms with Gasteiger partial charge in [0.05, 0.1) is 12.3 Å². The summed E-state index contributed by atoms with van der Waals surface area (Å²) in [5, 5.41) is 11.3. The Balaban J connectivity index is 2.01. The fourth-order valence-electron chi connectivity index (χ4n) is 2.37. The molecule has 2 aromatic heterocycles. The van der Waals surface area contributed by atoms with Crippen molar-refractivity contribution in [3.05, 3.63) is 60.4 Å². The Kier molecular flexibility index (Phi) is 7.22. The van der Waals surface area contributed by atoms with Gasteiger partial charge in [-0.3, -0.25) is 4.98 Å². The summed E-state index contributed by atoms with van der Waals surface area (Å²) in [6.45, 7) is 0.705. The van der Waals surface area contributed by atoms with Crippen molar-refractivity contribution in [2.45, 2.75) is 5.03 Å². The number of methoxy groups -OCH3 is 1. The van der Waals surface area contributed by atoms with Gasteiger partial charge in [0.25, 0.3) is 0 Å². The third kappa shape index (κ3) is 5.07. The summed E-state index contributed by atoms with van der Waals surface area (Å²) in [5.41, 5.74) is 2.88. The molecule has 0 radical (unpaired) electrons. The van der Waals surface area contributed by atoms with Crippen LogP contribution in [0.1, 0.15) is 5.56 Å². The van der Waals surface area contributed by atoms with Crippen LogP contribution in [0.2, 0.25) is 0 Å². The Hall–Kier alpha value is -2.40. The first-order chi connectivity index (χ1) is 13.3. The third-order valence-electron chi connectivity index (χ3n) is 3.67. The number of benzene rings is 1. The second kappa shape index (κ2) is 10.1. The minimum absolute atomic E-state index is 0.506. The van der Waals surface area contributed by atoms with Gasteiger partial charge in [0.1, 0.15) is 16.7 Å². The Bertz CT molecular complexity index is 915. The van der Waals surface area contributed by atoms with E-state index in [0.717, 1.165) is 22.0 Å². The minimum Gasteiger partial charge on any atom is -0.384 e. The maximum Gasteiger partial charge on any atom is 0.162 e. The molecule has 0 N–H and O–H groups in total. The molecule has 2 heterocycles. The van der Waals surface area contributed by atoms with Crippen molar-refractivity contribution in [1.29, 1.82) is 5.26 Å². The number of nitrogens with zero attached hydrogens (tertiary/aromatic N) is 4. The Labute approximate surface area is 167 Å². The molecular formula is C20H18N4OS2. The first-order valence-corrected chi connectivity index (χ1v) is 10.4. The van der Waals surface area contributed by atoms with Gasteiger partial charge in [-0.2, -0.15) is 5.26 Å².